The zero-order chi connectivity index (χ0) is 28.5. The third-order valence-electron chi connectivity index (χ3n) is 5.86. The SMILES string of the molecule is COc1cc(OC)c(Cl)c(NC(=O)N(C)c2cc(Nc3ccc(CCN(C)C)cc3CC=CN)ncn2)c1Cl. The summed E-state index contributed by atoms with van der Waals surface area (Å²) in [5.74, 6) is 1.46. The van der Waals surface area contributed by atoms with Crippen LogP contribution in [0.1, 0.15) is 11.1 Å². The summed E-state index contributed by atoms with van der Waals surface area (Å²) >= 11 is 12.8. The van der Waals surface area contributed by atoms with Gasteiger partial charge in [0.05, 0.1) is 19.9 Å². The Labute approximate surface area is 238 Å². The smallest absolute Gasteiger partial charge is 0.327 e. The van der Waals surface area contributed by atoms with Crippen molar-refractivity contribution in [3.05, 3.63) is 70.1 Å². The number of allylic oxidation sites excluding steroid dienone is 1. The van der Waals surface area contributed by atoms with Gasteiger partial charge in [-0.2, -0.15) is 0 Å². The number of methoxy groups -OCH3 is 2. The lowest BCUT2D eigenvalue weighted by atomic mass is 10.0. The third kappa shape index (κ3) is 7.66. The summed E-state index contributed by atoms with van der Waals surface area (Å²) in [6, 6.07) is 8.93. The fraction of sp³-hybridized carbons (Fsp3) is 0.296. The number of halogens is 2. The van der Waals surface area contributed by atoms with Crippen molar-refractivity contribution >= 4 is 52.2 Å². The van der Waals surface area contributed by atoms with E-state index < -0.39 is 6.03 Å². The van der Waals surface area contributed by atoms with Crippen molar-refractivity contribution in [2.24, 2.45) is 5.73 Å². The molecule has 10 nitrogen and oxygen atoms in total. The first-order chi connectivity index (χ1) is 18.7. The quantitative estimate of drug-likeness (QED) is 0.281. The van der Waals surface area contributed by atoms with Gasteiger partial charge in [0.25, 0.3) is 0 Å². The molecule has 2 aromatic carbocycles. The molecule has 3 aromatic rings. The van der Waals surface area contributed by atoms with Crippen molar-refractivity contribution in [1.29, 1.82) is 0 Å². The minimum absolute atomic E-state index is 0.142. The van der Waals surface area contributed by atoms with Crippen molar-refractivity contribution in [3.63, 3.8) is 0 Å². The number of amides is 2. The highest BCUT2D eigenvalue weighted by atomic mass is 35.5. The summed E-state index contributed by atoms with van der Waals surface area (Å²) in [7, 11) is 8.58. The molecule has 0 saturated carbocycles. The van der Waals surface area contributed by atoms with Crippen LogP contribution in [0, 0.1) is 0 Å². The van der Waals surface area contributed by atoms with E-state index in [1.165, 1.54) is 37.2 Å². The lowest BCUT2D eigenvalue weighted by Gasteiger charge is -2.20. The van der Waals surface area contributed by atoms with Crippen LogP contribution in [0.2, 0.25) is 10.0 Å². The standard InChI is InChI=1S/C27H33Cl2N7O3/c1-35(2)12-10-17-8-9-19(18(13-17)7-6-11-30)33-22-15-23(32-16-31-22)36(3)27(37)34-26-24(28)20(38-4)14-21(39-5)25(26)29/h6,8-9,11,13-16H,7,10,12,30H2,1-5H3,(H,34,37)(H,31,32,33). The van der Waals surface area contributed by atoms with E-state index in [2.05, 4.69) is 51.7 Å². The molecule has 0 saturated heterocycles. The number of hydrogen-bond donors (Lipinski definition) is 3. The molecule has 1 aromatic heterocycles. The Hall–Kier alpha value is -3.73. The largest absolute Gasteiger partial charge is 0.495 e. The fourth-order valence-electron chi connectivity index (χ4n) is 3.67. The highest BCUT2D eigenvalue weighted by molar-refractivity contribution is 6.41. The van der Waals surface area contributed by atoms with E-state index in [0.717, 1.165) is 24.2 Å². The average molecular weight is 575 g/mol. The molecule has 208 valence electrons. The highest BCUT2D eigenvalue weighted by Gasteiger charge is 2.22. The summed E-state index contributed by atoms with van der Waals surface area (Å²) in [6.07, 6.45) is 6.38. The molecule has 0 aliphatic heterocycles. The second-order valence-corrected chi connectivity index (χ2v) is 9.59. The summed E-state index contributed by atoms with van der Waals surface area (Å²) in [6.45, 7) is 0.946. The lowest BCUT2D eigenvalue weighted by molar-refractivity contribution is 0.258. The van der Waals surface area contributed by atoms with E-state index in [9.17, 15) is 4.79 Å². The first-order valence-corrected chi connectivity index (χ1v) is 12.8. The molecule has 0 unspecified atom stereocenters. The molecule has 39 heavy (non-hydrogen) atoms. The topological polar surface area (TPSA) is 118 Å². The van der Waals surface area contributed by atoms with Crippen LogP contribution in [0.25, 0.3) is 0 Å². The van der Waals surface area contributed by atoms with Gasteiger partial charge in [-0.1, -0.05) is 41.4 Å². The van der Waals surface area contributed by atoms with Gasteiger partial charge in [0.1, 0.15) is 39.5 Å². The summed E-state index contributed by atoms with van der Waals surface area (Å²) in [5, 5.41) is 6.33. The Kier molecular flexibility index (Phi) is 10.6. The van der Waals surface area contributed by atoms with E-state index in [4.69, 9.17) is 38.4 Å². The first kappa shape index (κ1) is 29.8. The van der Waals surface area contributed by atoms with Crippen molar-refractivity contribution in [3.8, 4) is 11.5 Å². The maximum absolute atomic E-state index is 13.1. The number of hydrogen-bond acceptors (Lipinski definition) is 8. The van der Waals surface area contributed by atoms with Crippen LogP contribution < -0.4 is 30.7 Å². The minimum Gasteiger partial charge on any atom is -0.495 e. The van der Waals surface area contributed by atoms with E-state index in [-0.39, 0.29) is 15.7 Å². The molecule has 0 radical (unpaired) electrons. The monoisotopic (exact) mass is 573 g/mol. The molecule has 3 rings (SSSR count). The van der Waals surface area contributed by atoms with Gasteiger partial charge in [-0.15, -0.1) is 0 Å². The summed E-state index contributed by atoms with van der Waals surface area (Å²) in [5.41, 5.74) is 8.92. The Morgan fingerprint density at radius 1 is 1.05 bits per heavy atom. The predicted octanol–water partition coefficient (Wildman–Crippen LogP) is 5.33. The van der Waals surface area contributed by atoms with Gasteiger partial charge in [0.15, 0.2) is 0 Å². The van der Waals surface area contributed by atoms with E-state index in [1.54, 1.807) is 19.2 Å². The Balaban J connectivity index is 1.83. The molecule has 12 heteroatoms. The van der Waals surface area contributed by atoms with E-state index in [1.807, 2.05) is 12.1 Å². The number of anilines is 4. The average Bonchev–Trinajstić information content (AvgIpc) is 2.93. The Morgan fingerprint density at radius 3 is 2.36 bits per heavy atom. The maximum atomic E-state index is 13.1. The van der Waals surface area contributed by atoms with Gasteiger partial charge in [0, 0.05) is 31.4 Å². The van der Waals surface area contributed by atoms with Crippen LogP contribution in [0.4, 0.5) is 27.8 Å². The van der Waals surface area contributed by atoms with Crippen molar-refractivity contribution in [1.82, 2.24) is 14.9 Å². The number of urea groups is 1. The van der Waals surface area contributed by atoms with Crippen LogP contribution in [-0.4, -0.2) is 62.8 Å². The molecular formula is C27H33Cl2N7O3. The molecular weight excluding hydrogens is 541 g/mol. The number of rotatable bonds is 11. The third-order valence-corrected chi connectivity index (χ3v) is 6.61. The number of benzene rings is 2. The van der Waals surface area contributed by atoms with E-state index >= 15 is 0 Å². The van der Waals surface area contributed by atoms with E-state index in [0.29, 0.717) is 29.6 Å². The van der Waals surface area contributed by atoms with Gasteiger partial charge < -0.3 is 30.7 Å². The molecule has 1 heterocycles. The van der Waals surface area contributed by atoms with Crippen LogP contribution in [-0.2, 0) is 12.8 Å². The van der Waals surface area contributed by atoms with Crippen molar-refractivity contribution in [2.75, 3.05) is 57.4 Å². The van der Waals surface area contributed by atoms with Crippen LogP contribution in [0.15, 0.2) is 48.9 Å². The van der Waals surface area contributed by atoms with Crippen molar-refractivity contribution in [2.45, 2.75) is 12.8 Å². The minimum atomic E-state index is -0.530. The Bertz CT molecular complexity index is 1310. The number of nitrogens with two attached hydrogens (primary N) is 1. The lowest BCUT2D eigenvalue weighted by Crippen LogP contribution is -2.32. The highest BCUT2D eigenvalue weighted by Crippen LogP contribution is 2.44. The normalized spacial score (nSPS) is 11.1. The van der Waals surface area contributed by atoms with Crippen molar-refractivity contribution < 1.29 is 14.3 Å². The molecule has 2 amide bonds. The number of carbonyl (C=O) groups is 1. The van der Waals surface area contributed by atoms with Crippen LogP contribution in [0.3, 0.4) is 0 Å². The summed E-state index contributed by atoms with van der Waals surface area (Å²) in [4.78, 5) is 25.2. The molecule has 0 bridgehead atoms. The molecule has 0 aliphatic rings. The molecule has 0 atom stereocenters. The van der Waals surface area contributed by atoms with Gasteiger partial charge in [-0.25, -0.2) is 14.8 Å². The number of nitrogens with zero attached hydrogens (tertiary/aromatic N) is 4. The van der Waals surface area contributed by atoms with Crippen LogP contribution >= 0.6 is 23.2 Å². The fourth-order valence-corrected chi connectivity index (χ4v) is 4.26. The molecule has 4 N–H and O–H groups in total. The molecule has 0 spiro atoms. The van der Waals surface area contributed by atoms with Gasteiger partial charge >= 0.3 is 6.03 Å². The molecule has 0 fully saturated rings. The van der Waals surface area contributed by atoms with Gasteiger partial charge in [-0.05, 0) is 50.3 Å². The number of aromatic nitrogens is 2. The molecule has 0 aliphatic carbocycles. The van der Waals surface area contributed by atoms with Crippen LogP contribution in [0.5, 0.6) is 11.5 Å². The number of ether oxygens (including phenoxy) is 2. The first-order valence-electron chi connectivity index (χ1n) is 12.1. The summed E-state index contributed by atoms with van der Waals surface area (Å²) < 4.78 is 10.5. The Morgan fingerprint density at radius 2 is 1.74 bits per heavy atom. The predicted molar refractivity (Wildman–Crippen MR) is 158 cm³/mol. The second-order valence-electron chi connectivity index (χ2n) is 8.84. The number of likely N-dealkylation sites (N-methyl/N-ethyl adjacent to an activating group) is 1. The second kappa shape index (κ2) is 13.9. The number of nitrogens with one attached hydrogen (secondary N) is 2. The zero-order valence-electron chi connectivity index (χ0n) is 22.6. The number of carbonyl (C=O) groups excluding carboxylic acids is 1. The maximum Gasteiger partial charge on any atom is 0.327 e. The van der Waals surface area contributed by atoms with Gasteiger partial charge in [0.2, 0.25) is 0 Å². The van der Waals surface area contributed by atoms with Gasteiger partial charge in [-0.3, -0.25) is 4.90 Å². The zero-order valence-corrected chi connectivity index (χ0v) is 24.1.